The second kappa shape index (κ2) is 6.48. The van der Waals surface area contributed by atoms with E-state index < -0.39 is 0 Å². The fourth-order valence-corrected chi connectivity index (χ4v) is 2.01. The van der Waals surface area contributed by atoms with E-state index in [1.165, 1.54) is 11.6 Å². The normalized spacial score (nSPS) is 10.9. The summed E-state index contributed by atoms with van der Waals surface area (Å²) in [4.78, 5) is 0. The van der Waals surface area contributed by atoms with Crippen LogP contribution in [-0.2, 0) is 13.1 Å². The van der Waals surface area contributed by atoms with Crippen molar-refractivity contribution in [2.45, 2.75) is 33.4 Å². The van der Waals surface area contributed by atoms with Crippen LogP contribution in [-0.4, -0.2) is 16.3 Å². The van der Waals surface area contributed by atoms with E-state index in [0.29, 0.717) is 12.1 Å². The van der Waals surface area contributed by atoms with Gasteiger partial charge in [-0.25, -0.2) is 4.39 Å². The molecule has 0 bridgehead atoms. The van der Waals surface area contributed by atoms with Crippen molar-refractivity contribution in [3.63, 3.8) is 0 Å². The largest absolute Gasteiger partial charge is 0.313 e. The van der Waals surface area contributed by atoms with E-state index in [0.717, 1.165) is 25.2 Å². The highest BCUT2D eigenvalue weighted by atomic mass is 19.1. The SMILES string of the molecule is CCCNCc1cnn(Cc2ccccc2F)c1C. The molecule has 1 aromatic heterocycles. The van der Waals surface area contributed by atoms with Gasteiger partial charge in [-0.15, -0.1) is 0 Å². The molecule has 0 aliphatic rings. The molecule has 0 spiro atoms. The van der Waals surface area contributed by atoms with Gasteiger partial charge in [-0.3, -0.25) is 4.68 Å². The van der Waals surface area contributed by atoms with Gasteiger partial charge < -0.3 is 5.32 Å². The van der Waals surface area contributed by atoms with E-state index in [-0.39, 0.29) is 5.82 Å². The molecule has 102 valence electrons. The minimum atomic E-state index is -0.178. The Hall–Kier alpha value is -1.68. The predicted molar refractivity (Wildman–Crippen MR) is 74.5 cm³/mol. The molecule has 4 heteroatoms. The zero-order valence-corrected chi connectivity index (χ0v) is 11.5. The van der Waals surface area contributed by atoms with Crippen LogP contribution in [0.1, 0.15) is 30.2 Å². The molecule has 0 saturated heterocycles. The van der Waals surface area contributed by atoms with Gasteiger partial charge in [-0.1, -0.05) is 25.1 Å². The lowest BCUT2D eigenvalue weighted by molar-refractivity contribution is 0.579. The van der Waals surface area contributed by atoms with Crippen molar-refractivity contribution in [3.05, 3.63) is 53.1 Å². The summed E-state index contributed by atoms with van der Waals surface area (Å²) in [6, 6.07) is 6.83. The Labute approximate surface area is 113 Å². The van der Waals surface area contributed by atoms with Crippen molar-refractivity contribution >= 4 is 0 Å². The van der Waals surface area contributed by atoms with Crippen LogP contribution in [0.2, 0.25) is 0 Å². The summed E-state index contributed by atoms with van der Waals surface area (Å²) in [5, 5.41) is 7.69. The third-order valence-electron chi connectivity index (χ3n) is 3.23. The first-order chi connectivity index (χ1) is 9.22. The molecule has 3 nitrogen and oxygen atoms in total. The zero-order valence-electron chi connectivity index (χ0n) is 11.5. The van der Waals surface area contributed by atoms with E-state index in [4.69, 9.17) is 0 Å². The van der Waals surface area contributed by atoms with Crippen molar-refractivity contribution in [1.82, 2.24) is 15.1 Å². The summed E-state index contributed by atoms with van der Waals surface area (Å²) in [6.07, 6.45) is 2.97. The molecule has 0 fully saturated rings. The van der Waals surface area contributed by atoms with Gasteiger partial charge in [0.2, 0.25) is 0 Å². The lowest BCUT2D eigenvalue weighted by Gasteiger charge is -2.07. The average molecular weight is 261 g/mol. The third kappa shape index (κ3) is 3.41. The summed E-state index contributed by atoms with van der Waals surface area (Å²) in [5.74, 6) is -0.178. The first-order valence-corrected chi connectivity index (χ1v) is 6.67. The van der Waals surface area contributed by atoms with E-state index in [2.05, 4.69) is 17.3 Å². The lowest BCUT2D eigenvalue weighted by atomic mass is 10.2. The van der Waals surface area contributed by atoms with Crippen LogP contribution < -0.4 is 5.32 Å². The Morgan fingerprint density at radius 2 is 2.05 bits per heavy atom. The lowest BCUT2D eigenvalue weighted by Crippen LogP contribution is -2.14. The molecule has 2 rings (SSSR count). The number of rotatable bonds is 6. The van der Waals surface area contributed by atoms with Gasteiger partial charge in [0.05, 0.1) is 12.7 Å². The second-order valence-corrected chi connectivity index (χ2v) is 4.68. The summed E-state index contributed by atoms with van der Waals surface area (Å²) in [6.45, 7) is 6.46. The summed E-state index contributed by atoms with van der Waals surface area (Å²) in [7, 11) is 0. The van der Waals surface area contributed by atoms with Gasteiger partial charge in [-0.05, 0) is 26.0 Å². The maximum absolute atomic E-state index is 13.6. The first kappa shape index (κ1) is 13.7. The smallest absolute Gasteiger partial charge is 0.128 e. The molecule has 0 unspecified atom stereocenters. The topological polar surface area (TPSA) is 29.9 Å². The molecule has 0 radical (unpaired) electrons. The quantitative estimate of drug-likeness (QED) is 0.810. The minimum Gasteiger partial charge on any atom is -0.313 e. The molecule has 19 heavy (non-hydrogen) atoms. The molecule has 2 aromatic rings. The van der Waals surface area contributed by atoms with Crippen molar-refractivity contribution in [2.24, 2.45) is 0 Å². The van der Waals surface area contributed by atoms with E-state index in [1.54, 1.807) is 12.1 Å². The van der Waals surface area contributed by atoms with Crippen LogP contribution in [0.5, 0.6) is 0 Å². The molecule has 1 heterocycles. The average Bonchev–Trinajstić information content (AvgIpc) is 2.75. The number of aromatic nitrogens is 2. The van der Waals surface area contributed by atoms with Gasteiger partial charge in [0.15, 0.2) is 0 Å². The number of benzene rings is 1. The van der Waals surface area contributed by atoms with Gasteiger partial charge in [-0.2, -0.15) is 5.10 Å². The van der Waals surface area contributed by atoms with Crippen LogP contribution >= 0.6 is 0 Å². The second-order valence-electron chi connectivity index (χ2n) is 4.68. The summed E-state index contributed by atoms with van der Waals surface area (Å²) in [5.41, 5.74) is 2.93. The van der Waals surface area contributed by atoms with E-state index >= 15 is 0 Å². The monoisotopic (exact) mass is 261 g/mol. The predicted octanol–water partition coefficient (Wildman–Crippen LogP) is 2.88. The van der Waals surface area contributed by atoms with Crippen LogP contribution in [0.3, 0.4) is 0 Å². The number of halogens is 1. The molecule has 0 aliphatic heterocycles. The van der Waals surface area contributed by atoms with Crippen molar-refractivity contribution < 1.29 is 4.39 Å². The number of nitrogens with zero attached hydrogens (tertiary/aromatic N) is 2. The van der Waals surface area contributed by atoms with Crippen LogP contribution in [0.15, 0.2) is 30.5 Å². The highest BCUT2D eigenvalue weighted by molar-refractivity contribution is 5.21. The Morgan fingerprint density at radius 1 is 1.26 bits per heavy atom. The molecule has 0 atom stereocenters. The Balaban J connectivity index is 2.07. The molecule has 1 N–H and O–H groups in total. The Bertz CT molecular complexity index is 534. The molecule has 0 aliphatic carbocycles. The van der Waals surface area contributed by atoms with E-state index in [9.17, 15) is 4.39 Å². The van der Waals surface area contributed by atoms with Crippen molar-refractivity contribution in [2.75, 3.05) is 6.54 Å². The molecule has 0 saturated carbocycles. The molecule has 0 amide bonds. The maximum atomic E-state index is 13.6. The maximum Gasteiger partial charge on any atom is 0.128 e. The summed E-state index contributed by atoms with van der Waals surface area (Å²) < 4.78 is 15.5. The minimum absolute atomic E-state index is 0.178. The number of hydrogen-bond acceptors (Lipinski definition) is 2. The summed E-state index contributed by atoms with van der Waals surface area (Å²) >= 11 is 0. The standard InChI is InChI=1S/C15H20FN3/c1-3-8-17-9-14-10-18-19(12(14)2)11-13-6-4-5-7-15(13)16/h4-7,10,17H,3,8-9,11H2,1-2H3. The van der Waals surface area contributed by atoms with Crippen LogP contribution in [0, 0.1) is 12.7 Å². The van der Waals surface area contributed by atoms with Gasteiger partial charge >= 0.3 is 0 Å². The highest BCUT2D eigenvalue weighted by Gasteiger charge is 2.08. The number of nitrogens with one attached hydrogen (secondary N) is 1. The molecular formula is C15H20FN3. The molecule has 1 aromatic carbocycles. The third-order valence-corrected chi connectivity index (χ3v) is 3.23. The van der Waals surface area contributed by atoms with Crippen LogP contribution in [0.25, 0.3) is 0 Å². The zero-order chi connectivity index (χ0) is 13.7. The van der Waals surface area contributed by atoms with E-state index in [1.807, 2.05) is 23.9 Å². The Morgan fingerprint density at radius 3 is 2.79 bits per heavy atom. The van der Waals surface area contributed by atoms with Crippen molar-refractivity contribution in [1.29, 1.82) is 0 Å². The van der Waals surface area contributed by atoms with Gasteiger partial charge in [0, 0.05) is 23.4 Å². The molecular weight excluding hydrogens is 241 g/mol. The van der Waals surface area contributed by atoms with Gasteiger partial charge in [0.1, 0.15) is 5.82 Å². The van der Waals surface area contributed by atoms with Crippen LogP contribution in [0.4, 0.5) is 4.39 Å². The highest BCUT2D eigenvalue weighted by Crippen LogP contribution is 2.12. The van der Waals surface area contributed by atoms with Crippen molar-refractivity contribution in [3.8, 4) is 0 Å². The first-order valence-electron chi connectivity index (χ1n) is 6.67. The fraction of sp³-hybridized carbons (Fsp3) is 0.400. The van der Waals surface area contributed by atoms with Gasteiger partial charge in [0.25, 0.3) is 0 Å². The Kier molecular flexibility index (Phi) is 4.68. The fourth-order valence-electron chi connectivity index (χ4n) is 2.01. The number of hydrogen-bond donors (Lipinski definition) is 1.